The van der Waals surface area contributed by atoms with Crippen molar-refractivity contribution in [3.63, 3.8) is 0 Å². The first-order valence-electron chi connectivity index (χ1n) is 6.61. The van der Waals surface area contributed by atoms with Crippen molar-refractivity contribution in [3.05, 3.63) is 60.7 Å². The van der Waals surface area contributed by atoms with Crippen LogP contribution in [-0.2, 0) is 16.1 Å². The van der Waals surface area contributed by atoms with Gasteiger partial charge in [-0.05, 0) is 29.8 Å². The minimum absolute atomic E-state index is 0.00691. The summed E-state index contributed by atoms with van der Waals surface area (Å²) < 4.78 is 4.92. The second-order valence-corrected chi connectivity index (χ2v) is 4.61. The largest absolute Gasteiger partial charge is 0.506 e. The Balaban J connectivity index is 1.88. The molecule has 6 heteroatoms. The minimum atomic E-state index is -0.511. The van der Waals surface area contributed by atoms with Gasteiger partial charge in [-0.1, -0.05) is 24.8 Å². The molecule has 2 aromatic carbocycles. The minimum Gasteiger partial charge on any atom is -0.506 e. The van der Waals surface area contributed by atoms with Crippen molar-refractivity contribution in [2.24, 2.45) is 0 Å². The zero-order valence-electron chi connectivity index (χ0n) is 11.6. The maximum absolute atomic E-state index is 11.0. The average Bonchev–Trinajstić information content (AvgIpc) is 2.96. The zero-order valence-corrected chi connectivity index (χ0v) is 11.6. The van der Waals surface area contributed by atoms with Crippen LogP contribution in [0.2, 0.25) is 0 Å². The Bertz CT molecular complexity index is 822. The van der Waals surface area contributed by atoms with Crippen LogP contribution in [-0.4, -0.2) is 26.1 Å². The lowest BCUT2D eigenvalue weighted by Crippen LogP contribution is -2.02. The molecule has 0 amide bonds. The molecular weight excluding hydrogens is 282 g/mol. The quantitative estimate of drug-likeness (QED) is 0.590. The molecule has 110 valence electrons. The molecule has 3 rings (SSSR count). The lowest BCUT2D eigenvalue weighted by Gasteiger charge is -2.06. The molecule has 0 spiro atoms. The number of fused-ring (bicyclic) bond motifs is 1. The average molecular weight is 295 g/mol. The first-order valence-corrected chi connectivity index (χ1v) is 6.61. The number of carbonyl (C=O) groups is 1. The molecule has 0 radical (unpaired) electrons. The molecule has 3 aromatic rings. The van der Waals surface area contributed by atoms with Crippen LogP contribution in [0, 0.1) is 0 Å². The van der Waals surface area contributed by atoms with Crippen LogP contribution in [0.1, 0.15) is 5.56 Å². The van der Waals surface area contributed by atoms with Gasteiger partial charge in [0.25, 0.3) is 0 Å². The van der Waals surface area contributed by atoms with E-state index >= 15 is 0 Å². The van der Waals surface area contributed by atoms with Gasteiger partial charge in [-0.3, -0.25) is 0 Å². The second kappa shape index (κ2) is 5.69. The summed E-state index contributed by atoms with van der Waals surface area (Å²) in [6, 6.07) is 12.4. The Labute approximate surface area is 126 Å². The van der Waals surface area contributed by atoms with E-state index in [1.54, 1.807) is 12.1 Å². The zero-order chi connectivity index (χ0) is 15.5. The van der Waals surface area contributed by atoms with Crippen LogP contribution in [0.4, 0.5) is 0 Å². The van der Waals surface area contributed by atoms with Crippen molar-refractivity contribution >= 4 is 17.0 Å². The molecule has 0 fully saturated rings. The van der Waals surface area contributed by atoms with Crippen LogP contribution < -0.4 is 0 Å². The van der Waals surface area contributed by atoms with E-state index in [9.17, 15) is 9.90 Å². The molecule has 0 aliphatic heterocycles. The van der Waals surface area contributed by atoms with Gasteiger partial charge in [0, 0.05) is 6.08 Å². The number of aromatic hydroxyl groups is 1. The van der Waals surface area contributed by atoms with E-state index in [-0.39, 0.29) is 12.4 Å². The number of benzene rings is 2. The van der Waals surface area contributed by atoms with Crippen molar-refractivity contribution < 1.29 is 14.6 Å². The van der Waals surface area contributed by atoms with Crippen LogP contribution in [0.25, 0.3) is 16.7 Å². The van der Waals surface area contributed by atoms with Crippen LogP contribution in [0.3, 0.4) is 0 Å². The van der Waals surface area contributed by atoms with Crippen molar-refractivity contribution in [2.45, 2.75) is 6.61 Å². The number of carbonyl (C=O) groups excluding carboxylic acids is 1. The Hall–Kier alpha value is -3.15. The lowest BCUT2D eigenvalue weighted by molar-refractivity contribution is -0.138. The molecule has 0 aliphatic rings. The van der Waals surface area contributed by atoms with Gasteiger partial charge < -0.3 is 9.84 Å². The summed E-state index contributed by atoms with van der Waals surface area (Å²) in [5.74, 6) is -0.504. The molecule has 0 saturated heterocycles. The molecule has 0 unspecified atom stereocenters. The Morgan fingerprint density at radius 1 is 1.23 bits per heavy atom. The number of hydrogen-bond acceptors (Lipinski definition) is 5. The van der Waals surface area contributed by atoms with Gasteiger partial charge in [-0.25, -0.2) is 4.79 Å². The summed E-state index contributed by atoms with van der Waals surface area (Å²) >= 11 is 0. The highest BCUT2D eigenvalue weighted by Crippen LogP contribution is 2.23. The third-order valence-corrected chi connectivity index (χ3v) is 3.09. The number of rotatable bonds is 4. The van der Waals surface area contributed by atoms with Crippen LogP contribution in [0.5, 0.6) is 5.75 Å². The van der Waals surface area contributed by atoms with E-state index in [4.69, 9.17) is 4.74 Å². The number of nitrogens with zero attached hydrogens (tertiary/aromatic N) is 3. The van der Waals surface area contributed by atoms with E-state index in [0.29, 0.717) is 11.3 Å². The second-order valence-electron chi connectivity index (χ2n) is 4.61. The Morgan fingerprint density at radius 2 is 1.91 bits per heavy atom. The monoisotopic (exact) mass is 295 g/mol. The van der Waals surface area contributed by atoms with Crippen molar-refractivity contribution in [3.8, 4) is 11.4 Å². The van der Waals surface area contributed by atoms with Gasteiger partial charge in [-0.15, -0.1) is 15.0 Å². The topological polar surface area (TPSA) is 77.2 Å². The van der Waals surface area contributed by atoms with Gasteiger partial charge in [0.2, 0.25) is 0 Å². The molecule has 0 atom stereocenters. The first kappa shape index (κ1) is 13.8. The maximum Gasteiger partial charge on any atom is 0.330 e. The highest BCUT2D eigenvalue weighted by Gasteiger charge is 2.09. The lowest BCUT2D eigenvalue weighted by atomic mass is 10.2. The summed E-state index contributed by atoms with van der Waals surface area (Å²) in [7, 11) is 0. The SMILES string of the molecule is C=CC(=O)OCc1ccc(-n2nc3ccccc3n2)c(O)c1. The number of phenolic OH excluding ortho intramolecular Hbond substituents is 1. The van der Waals surface area contributed by atoms with E-state index in [0.717, 1.165) is 17.1 Å². The Morgan fingerprint density at radius 3 is 2.50 bits per heavy atom. The van der Waals surface area contributed by atoms with Gasteiger partial charge in [0.1, 0.15) is 29.1 Å². The summed E-state index contributed by atoms with van der Waals surface area (Å²) in [4.78, 5) is 12.4. The molecule has 6 nitrogen and oxygen atoms in total. The number of aromatic nitrogens is 3. The Kier molecular flexibility index (Phi) is 3.57. The number of esters is 1. The first-order chi connectivity index (χ1) is 10.7. The summed E-state index contributed by atoms with van der Waals surface area (Å²) in [6.45, 7) is 3.38. The molecule has 1 heterocycles. The smallest absolute Gasteiger partial charge is 0.330 e. The predicted molar refractivity (Wildman–Crippen MR) is 80.5 cm³/mol. The number of ether oxygens (including phenoxy) is 1. The maximum atomic E-state index is 11.0. The molecule has 22 heavy (non-hydrogen) atoms. The van der Waals surface area contributed by atoms with Gasteiger partial charge in [0.15, 0.2) is 0 Å². The van der Waals surface area contributed by atoms with Crippen molar-refractivity contribution in [1.82, 2.24) is 15.0 Å². The molecule has 1 aromatic heterocycles. The van der Waals surface area contributed by atoms with E-state index in [2.05, 4.69) is 16.8 Å². The van der Waals surface area contributed by atoms with E-state index in [1.165, 1.54) is 10.9 Å². The molecular formula is C16H13N3O3. The molecule has 0 aliphatic carbocycles. The van der Waals surface area contributed by atoms with Crippen LogP contribution in [0.15, 0.2) is 55.1 Å². The van der Waals surface area contributed by atoms with Crippen molar-refractivity contribution in [2.75, 3.05) is 0 Å². The fourth-order valence-electron chi connectivity index (χ4n) is 2.01. The third-order valence-electron chi connectivity index (χ3n) is 3.09. The summed E-state index contributed by atoms with van der Waals surface area (Å²) in [5.41, 5.74) is 2.60. The van der Waals surface area contributed by atoms with Crippen LogP contribution >= 0.6 is 0 Å². The highest BCUT2D eigenvalue weighted by molar-refractivity contribution is 5.81. The third kappa shape index (κ3) is 2.67. The van der Waals surface area contributed by atoms with Gasteiger partial charge in [0.05, 0.1) is 0 Å². The highest BCUT2D eigenvalue weighted by atomic mass is 16.5. The van der Waals surface area contributed by atoms with Crippen molar-refractivity contribution in [1.29, 1.82) is 0 Å². The van der Waals surface area contributed by atoms with E-state index < -0.39 is 5.97 Å². The summed E-state index contributed by atoms with van der Waals surface area (Å²) in [6.07, 6.45) is 1.09. The normalized spacial score (nSPS) is 10.5. The molecule has 1 N–H and O–H groups in total. The number of phenols is 1. The molecule has 0 saturated carbocycles. The fraction of sp³-hybridized carbons (Fsp3) is 0.0625. The van der Waals surface area contributed by atoms with Gasteiger partial charge in [-0.2, -0.15) is 0 Å². The summed E-state index contributed by atoms with van der Waals surface area (Å²) in [5, 5.41) is 18.7. The predicted octanol–water partition coefficient (Wildman–Crippen LogP) is 2.36. The van der Waals surface area contributed by atoms with Gasteiger partial charge >= 0.3 is 5.97 Å². The number of hydrogen-bond donors (Lipinski definition) is 1. The standard InChI is InChI=1S/C16H13N3O3/c1-2-16(21)22-10-11-7-8-14(15(20)9-11)19-17-12-5-3-4-6-13(12)18-19/h2-9,20H,1,10H2. The fourth-order valence-corrected chi connectivity index (χ4v) is 2.01. The van der Waals surface area contributed by atoms with E-state index in [1.807, 2.05) is 24.3 Å². The molecule has 0 bridgehead atoms.